The summed E-state index contributed by atoms with van der Waals surface area (Å²) in [7, 11) is 0. The van der Waals surface area contributed by atoms with E-state index in [1.165, 1.54) is 24.8 Å². The van der Waals surface area contributed by atoms with Crippen LogP contribution in [0.1, 0.15) is 25.7 Å². The summed E-state index contributed by atoms with van der Waals surface area (Å²) < 4.78 is 0. The molecule has 1 aliphatic carbocycles. The fourth-order valence-corrected chi connectivity index (χ4v) is 2.74. The van der Waals surface area contributed by atoms with Gasteiger partial charge in [0.15, 0.2) is 0 Å². The number of nitrogens with one attached hydrogen (secondary N) is 1. The van der Waals surface area contributed by atoms with Crippen molar-refractivity contribution in [2.24, 2.45) is 0 Å². The second kappa shape index (κ2) is 7.27. The molecular formula is C15H19NOS. The highest BCUT2D eigenvalue weighted by molar-refractivity contribution is 8.00. The average Bonchev–Trinajstić information content (AvgIpc) is 2.45. The third-order valence-corrected chi connectivity index (χ3v) is 4.02. The minimum atomic E-state index is 0.121. The molecular weight excluding hydrogens is 242 g/mol. The van der Waals surface area contributed by atoms with Crippen LogP contribution in [-0.2, 0) is 4.79 Å². The van der Waals surface area contributed by atoms with E-state index in [1.54, 1.807) is 11.8 Å². The number of rotatable bonds is 5. The first kappa shape index (κ1) is 13.2. The van der Waals surface area contributed by atoms with Crippen molar-refractivity contribution in [2.45, 2.75) is 30.6 Å². The molecule has 0 bridgehead atoms. The van der Waals surface area contributed by atoms with Crippen LogP contribution in [0.15, 0.2) is 46.9 Å². The normalized spacial score (nSPS) is 15.0. The Hall–Kier alpha value is -1.22. The maximum absolute atomic E-state index is 11.7. The van der Waals surface area contributed by atoms with E-state index in [0.29, 0.717) is 5.75 Å². The molecule has 0 radical (unpaired) electrons. The van der Waals surface area contributed by atoms with Crippen LogP contribution in [0.5, 0.6) is 0 Å². The second-order valence-electron chi connectivity index (χ2n) is 4.49. The molecule has 0 aromatic heterocycles. The molecule has 1 amide bonds. The molecule has 3 heteroatoms. The van der Waals surface area contributed by atoms with Gasteiger partial charge >= 0.3 is 0 Å². The zero-order valence-electron chi connectivity index (χ0n) is 10.5. The molecule has 0 aliphatic heterocycles. The van der Waals surface area contributed by atoms with Crippen LogP contribution >= 0.6 is 11.8 Å². The van der Waals surface area contributed by atoms with Gasteiger partial charge in [0.25, 0.3) is 0 Å². The van der Waals surface area contributed by atoms with Gasteiger partial charge in [0.1, 0.15) is 0 Å². The van der Waals surface area contributed by atoms with Crippen LogP contribution in [0.2, 0.25) is 0 Å². The lowest BCUT2D eigenvalue weighted by Crippen LogP contribution is -2.27. The minimum Gasteiger partial charge on any atom is -0.352 e. The van der Waals surface area contributed by atoms with Crippen molar-refractivity contribution in [1.82, 2.24) is 5.32 Å². The van der Waals surface area contributed by atoms with E-state index >= 15 is 0 Å². The third kappa shape index (κ3) is 4.57. The average molecular weight is 261 g/mol. The number of allylic oxidation sites excluding steroid dienone is 1. The summed E-state index contributed by atoms with van der Waals surface area (Å²) >= 11 is 1.58. The Morgan fingerprint density at radius 2 is 2.06 bits per heavy atom. The van der Waals surface area contributed by atoms with Gasteiger partial charge in [-0.15, -0.1) is 11.8 Å². The van der Waals surface area contributed by atoms with Crippen molar-refractivity contribution in [3.05, 3.63) is 42.0 Å². The first-order valence-electron chi connectivity index (χ1n) is 6.47. The summed E-state index contributed by atoms with van der Waals surface area (Å²) in [5.74, 6) is 0.618. The Kier molecular flexibility index (Phi) is 5.34. The molecule has 1 aliphatic rings. The van der Waals surface area contributed by atoms with Gasteiger partial charge in [-0.2, -0.15) is 0 Å². The number of benzene rings is 1. The molecule has 2 rings (SSSR count). The molecule has 0 unspecified atom stereocenters. The Bertz CT molecular complexity index is 414. The van der Waals surface area contributed by atoms with E-state index in [-0.39, 0.29) is 5.91 Å². The summed E-state index contributed by atoms with van der Waals surface area (Å²) in [5, 5.41) is 2.99. The van der Waals surface area contributed by atoms with E-state index in [1.807, 2.05) is 30.3 Å². The lowest BCUT2D eigenvalue weighted by Gasteiger charge is -2.13. The predicted molar refractivity (Wildman–Crippen MR) is 76.7 cm³/mol. The minimum absolute atomic E-state index is 0.121. The van der Waals surface area contributed by atoms with Crippen LogP contribution in [0.3, 0.4) is 0 Å². The maximum atomic E-state index is 11.7. The monoisotopic (exact) mass is 261 g/mol. The Morgan fingerprint density at radius 1 is 1.22 bits per heavy atom. The first-order valence-corrected chi connectivity index (χ1v) is 7.45. The van der Waals surface area contributed by atoms with Gasteiger partial charge in [-0.3, -0.25) is 4.79 Å². The van der Waals surface area contributed by atoms with Crippen molar-refractivity contribution in [2.75, 3.05) is 12.3 Å². The quantitative estimate of drug-likeness (QED) is 0.650. The van der Waals surface area contributed by atoms with Crippen LogP contribution in [0.25, 0.3) is 0 Å². The Morgan fingerprint density at radius 3 is 2.78 bits per heavy atom. The molecule has 0 heterocycles. The molecule has 96 valence electrons. The number of carbonyl (C=O) groups is 1. The van der Waals surface area contributed by atoms with E-state index in [0.717, 1.165) is 17.9 Å². The third-order valence-electron chi connectivity index (χ3n) is 3.01. The predicted octanol–water partition coefficient (Wildman–Crippen LogP) is 3.40. The van der Waals surface area contributed by atoms with Gasteiger partial charge in [-0.25, -0.2) is 0 Å². The summed E-state index contributed by atoms with van der Waals surface area (Å²) in [6.45, 7) is 0.730. The van der Waals surface area contributed by atoms with Gasteiger partial charge in [0.2, 0.25) is 5.91 Å². The Labute approximate surface area is 113 Å². The largest absolute Gasteiger partial charge is 0.352 e. The molecule has 2 nitrogen and oxygen atoms in total. The summed E-state index contributed by atoms with van der Waals surface area (Å²) in [6, 6.07) is 10.0. The molecule has 0 spiro atoms. The summed E-state index contributed by atoms with van der Waals surface area (Å²) in [4.78, 5) is 12.8. The van der Waals surface area contributed by atoms with Crippen LogP contribution in [0, 0.1) is 0 Å². The summed E-state index contributed by atoms with van der Waals surface area (Å²) in [6.07, 6.45) is 7.14. The maximum Gasteiger partial charge on any atom is 0.230 e. The SMILES string of the molecule is O=C(CSc1ccccc1)NCC1=CCCCC1. The van der Waals surface area contributed by atoms with E-state index < -0.39 is 0 Å². The highest BCUT2D eigenvalue weighted by Crippen LogP contribution is 2.17. The van der Waals surface area contributed by atoms with Crippen molar-refractivity contribution in [3.8, 4) is 0 Å². The van der Waals surface area contributed by atoms with Crippen LogP contribution in [0.4, 0.5) is 0 Å². The number of hydrogen-bond acceptors (Lipinski definition) is 2. The molecule has 0 fully saturated rings. The molecule has 1 aromatic rings. The summed E-state index contributed by atoms with van der Waals surface area (Å²) in [5.41, 5.74) is 1.39. The highest BCUT2D eigenvalue weighted by atomic mass is 32.2. The zero-order chi connectivity index (χ0) is 12.6. The molecule has 18 heavy (non-hydrogen) atoms. The van der Waals surface area contributed by atoms with Gasteiger partial charge in [-0.05, 0) is 37.8 Å². The molecule has 1 aromatic carbocycles. The number of carbonyl (C=O) groups excluding carboxylic acids is 1. The smallest absolute Gasteiger partial charge is 0.230 e. The molecule has 1 N–H and O–H groups in total. The van der Waals surface area contributed by atoms with E-state index in [4.69, 9.17) is 0 Å². The lowest BCUT2D eigenvalue weighted by molar-refractivity contribution is -0.118. The van der Waals surface area contributed by atoms with E-state index in [9.17, 15) is 4.79 Å². The van der Waals surface area contributed by atoms with Crippen LogP contribution in [-0.4, -0.2) is 18.2 Å². The van der Waals surface area contributed by atoms with Crippen molar-refractivity contribution in [1.29, 1.82) is 0 Å². The highest BCUT2D eigenvalue weighted by Gasteiger charge is 2.06. The van der Waals surface area contributed by atoms with Gasteiger partial charge in [0, 0.05) is 11.4 Å². The fraction of sp³-hybridized carbons (Fsp3) is 0.400. The van der Waals surface area contributed by atoms with Gasteiger partial charge < -0.3 is 5.32 Å². The number of hydrogen-bond donors (Lipinski definition) is 1. The Balaban J connectivity index is 1.67. The van der Waals surface area contributed by atoms with Gasteiger partial charge in [0.05, 0.1) is 5.75 Å². The molecule has 0 saturated carbocycles. The van der Waals surface area contributed by atoms with Crippen molar-refractivity contribution >= 4 is 17.7 Å². The standard InChI is InChI=1S/C15H19NOS/c17-15(12-18-14-9-5-2-6-10-14)16-11-13-7-3-1-4-8-13/h2,5-7,9-10H,1,3-4,8,11-12H2,(H,16,17). The molecule has 0 saturated heterocycles. The van der Waals surface area contributed by atoms with Crippen LogP contribution < -0.4 is 5.32 Å². The topological polar surface area (TPSA) is 29.1 Å². The zero-order valence-corrected chi connectivity index (χ0v) is 11.3. The molecule has 0 atom stereocenters. The van der Waals surface area contributed by atoms with Crippen molar-refractivity contribution < 1.29 is 4.79 Å². The number of amides is 1. The number of thioether (sulfide) groups is 1. The van der Waals surface area contributed by atoms with E-state index in [2.05, 4.69) is 11.4 Å². The fourth-order valence-electron chi connectivity index (χ4n) is 1.99. The second-order valence-corrected chi connectivity index (χ2v) is 5.54. The van der Waals surface area contributed by atoms with Gasteiger partial charge in [-0.1, -0.05) is 29.8 Å². The lowest BCUT2D eigenvalue weighted by atomic mass is 10.00. The first-order chi connectivity index (χ1) is 8.84. The van der Waals surface area contributed by atoms with Crippen molar-refractivity contribution in [3.63, 3.8) is 0 Å².